The summed E-state index contributed by atoms with van der Waals surface area (Å²) >= 11 is 0. The van der Waals surface area contributed by atoms with Crippen LogP contribution in [0.4, 0.5) is 0 Å². The summed E-state index contributed by atoms with van der Waals surface area (Å²) in [6.07, 6.45) is 3.51. The van der Waals surface area contributed by atoms with Crippen LogP contribution in [0.1, 0.15) is 42.7 Å². The fourth-order valence-electron chi connectivity index (χ4n) is 2.88. The molecule has 1 aliphatic rings. The van der Waals surface area contributed by atoms with Crippen LogP contribution in [0.2, 0.25) is 0 Å². The first-order chi connectivity index (χ1) is 10.5. The molecule has 1 saturated heterocycles. The Morgan fingerprint density at radius 3 is 2.59 bits per heavy atom. The number of nitriles is 1. The zero-order valence-corrected chi connectivity index (χ0v) is 13.3. The molecule has 1 aromatic rings. The van der Waals surface area contributed by atoms with Gasteiger partial charge in [-0.2, -0.15) is 5.26 Å². The lowest BCUT2D eigenvalue weighted by Crippen LogP contribution is -2.30. The van der Waals surface area contributed by atoms with Crippen LogP contribution >= 0.6 is 0 Å². The molecule has 1 fully saturated rings. The van der Waals surface area contributed by atoms with E-state index in [1.807, 2.05) is 6.07 Å². The van der Waals surface area contributed by atoms with Crippen molar-refractivity contribution < 1.29 is 4.79 Å². The zero-order valence-electron chi connectivity index (χ0n) is 13.3. The van der Waals surface area contributed by atoms with Gasteiger partial charge in [0, 0.05) is 31.9 Å². The maximum atomic E-state index is 12.3. The van der Waals surface area contributed by atoms with Gasteiger partial charge in [0.15, 0.2) is 0 Å². The quantitative estimate of drug-likeness (QED) is 0.857. The number of nitrogens with zero attached hydrogens (tertiary/aromatic N) is 3. The molecule has 0 radical (unpaired) electrons. The molecule has 6 heteroatoms. The number of aromatic nitrogens is 1. The predicted molar refractivity (Wildman–Crippen MR) is 83.8 cm³/mol. The molecule has 6 nitrogen and oxygen atoms in total. The Balaban J connectivity index is 1.82. The van der Waals surface area contributed by atoms with Crippen molar-refractivity contribution >= 4 is 5.91 Å². The third-order valence-electron chi connectivity index (χ3n) is 4.33. The van der Waals surface area contributed by atoms with E-state index in [-0.39, 0.29) is 5.91 Å². The molecule has 0 saturated carbocycles. The summed E-state index contributed by atoms with van der Waals surface area (Å²) in [6, 6.07) is 6.08. The van der Waals surface area contributed by atoms with Crippen LogP contribution in [-0.4, -0.2) is 41.5 Å². The van der Waals surface area contributed by atoms with Crippen LogP contribution in [0.3, 0.4) is 0 Å². The third-order valence-corrected chi connectivity index (χ3v) is 4.33. The van der Waals surface area contributed by atoms with E-state index in [4.69, 9.17) is 5.26 Å². The van der Waals surface area contributed by atoms with Crippen LogP contribution in [0.5, 0.6) is 0 Å². The van der Waals surface area contributed by atoms with Gasteiger partial charge in [0.2, 0.25) is 0 Å². The molecule has 1 aliphatic heterocycles. The highest BCUT2D eigenvalue weighted by molar-refractivity contribution is 5.93. The molecule has 1 amide bonds. The largest absolute Gasteiger partial charge is 0.342 e. The Morgan fingerprint density at radius 2 is 2.05 bits per heavy atom. The van der Waals surface area contributed by atoms with Gasteiger partial charge in [-0.3, -0.25) is 15.6 Å². The lowest BCUT2D eigenvalue weighted by molar-refractivity contribution is 0.0790. The number of rotatable bonds is 5. The number of carbonyl (C=O) groups excluding carboxylic acids is 1. The minimum absolute atomic E-state index is 0.0549. The molecule has 0 aliphatic carbocycles. The second kappa shape index (κ2) is 7.34. The summed E-state index contributed by atoms with van der Waals surface area (Å²) in [6.45, 7) is 5.08. The topological polar surface area (TPSA) is 81.0 Å². The van der Waals surface area contributed by atoms with Crippen LogP contribution in [-0.2, 0) is 0 Å². The van der Waals surface area contributed by atoms with E-state index < -0.39 is 0 Å². The maximum Gasteiger partial charge on any atom is 0.255 e. The molecule has 2 rings (SSSR count). The van der Waals surface area contributed by atoms with E-state index in [9.17, 15) is 4.79 Å². The van der Waals surface area contributed by atoms with Crippen LogP contribution in [0, 0.1) is 17.2 Å². The standard InChI is InChI=1S/C16H23N5O/c1-11-15(12(2)20-19-11)5-4-8-21(3)16(22)13-6-7-14(9-17)18-10-13/h6-7,10-12,15,19-20H,4-5,8H2,1-3H3. The highest BCUT2D eigenvalue weighted by Crippen LogP contribution is 2.20. The van der Waals surface area contributed by atoms with Gasteiger partial charge in [0.05, 0.1) is 5.56 Å². The summed E-state index contributed by atoms with van der Waals surface area (Å²) in [5.74, 6) is 0.529. The summed E-state index contributed by atoms with van der Waals surface area (Å²) < 4.78 is 0. The Hall–Kier alpha value is -1.97. The molecule has 2 heterocycles. The number of hydrogen-bond donors (Lipinski definition) is 2. The number of pyridine rings is 1. The maximum absolute atomic E-state index is 12.3. The van der Waals surface area contributed by atoms with Crippen molar-refractivity contribution in [3.8, 4) is 6.07 Å². The van der Waals surface area contributed by atoms with E-state index in [1.165, 1.54) is 6.20 Å². The van der Waals surface area contributed by atoms with Crippen molar-refractivity contribution in [2.75, 3.05) is 13.6 Å². The number of hydrogen-bond acceptors (Lipinski definition) is 5. The molecular weight excluding hydrogens is 278 g/mol. The second-order valence-electron chi connectivity index (χ2n) is 5.94. The van der Waals surface area contributed by atoms with E-state index in [0.29, 0.717) is 29.3 Å². The Labute approximate surface area is 131 Å². The van der Waals surface area contributed by atoms with E-state index >= 15 is 0 Å². The fourth-order valence-corrected chi connectivity index (χ4v) is 2.88. The number of carbonyl (C=O) groups is 1. The Morgan fingerprint density at radius 1 is 1.36 bits per heavy atom. The van der Waals surface area contributed by atoms with Gasteiger partial charge in [-0.05, 0) is 44.7 Å². The SMILES string of the molecule is CC1NNC(C)C1CCCN(C)C(=O)c1ccc(C#N)nc1. The smallest absolute Gasteiger partial charge is 0.255 e. The zero-order chi connectivity index (χ0) is 16.1. The summed E-state index contributed by atoms with van der Waals surface area (Å²) in [5.41, 5.74) is 7.35. The molecular formula is C16H23N5O. The number of amides is 1. The number of hydrazine groups is 1. The Bertz CT molecular complexity index is 541. The van der Waals surface area contributed by atoms with Crippen LogP contribution < -0.4 is 10.9 Å². The van der Waals surface area contributed by atoms with E-state index in [1.54, 1.807) is 24.1 Å². The molecule has 0 bridgehead atoms. The third kappa shape index (κ3) is 3.81. The fraction of sp³-hybridized carbons (Fsp3) is 0.562. The van der Waals surface area contributed by atoms with E-state index in [2.05, 4.69) is 29.7 Å². The molecule has 2 atom stereocenters. The Kier molecular flexibility index (Phi) is 5.47. The van der Waals surface area contributed by atoms with Gasteiger partial charge in [-0.1, -0.05) is 0 Å². The average molecular weight is 301 g/mol. The van der Waals surface area contributed by atoms with Crippen molar-refractivity contribution in [2.24, 2.45) is 5.92 Å². The van der Waals surface area contributed by atoms with Crippen molar-refractivity contribution in [1.82, 2.24) is 20.7 Å². The molecule has 118 valence electrons. The second-order valence-corrected chi connectivity index (χ2v) is 5.94. The first kappa shape index (κ1) is 16.4. The number of nitrogens with one attached hydrogen (secondary N) is 2. The average Bonchev–Trinajstić information content (AvgIpc) is 2.86. The highest BCUT2D eigenvalue weighted by Gasteiger charge is 2.29. The summed E-state index contributed by atoms with van der Waals surface area (Å²) in [7, 11) is 1.80. The predicted octanol–water partition coefficient (Wildman–Crippen LogP) is 1.31. The van der Waals surface area contributed by atoms with Crippen molar-refractivity contribution in [1.29, 1.82) is 5.26 Å². The van der Waals surface area contributed by atoms with Crippen LogP contribution in [0.25, 0.3) is 0 Å². The molecule has 0 spiro atoms. The normalized spacial score (nSPS) is 24.0. The van der Waals surface area contributed by atoms with Gasteiger partial charge in [0.25, 0.3) is 5.91 Å². The van der Waals surface area contributed by atoms with Gasteiger partial charge in [0.1, 0.15) is 11.8 Å². The lowest BCUT2D eigenvalue weighted by Gasteiger charge is -2.21. The minimum Gasteiger partial charge on any atom is -0.342 e. The first-order valence-electron chi connectivity index (χ1n) is 7.65. The van der Waals surface area contributed by atoms with Gasteiger partial charge >= 0.3 is 0 Å². The van der Waals surface area contributed by atoms with Crippen LogP contribution in [0.15, 0.2) is 18.3 Å². The molecule has 1 aromatic heterocycles. The molecule has 22 heavy (non-hydrogen) atoms. The van der Waals surface area contributed by atoms with Gasteiger partial charge in [-0.25, -0.2) is 4.98 Å². The molecule has 2 N–H and O–H groups in total. The van der Waals surface area contributed by atoms with E-state index in [0.717, 1.165) is 19.4 Å². The molecule has 0 aromatic carbocycles. The highest BCUT2D eigenvalue weighted by atomic mass is 16.2. The first-order valence-corrected chi connectivity index (χ1v) is 7.65. The van der Waals surface area contributed by atoms with Crippen molar-refractivity contribution in [3.05, 3.63) is 29.6 Å². The summed E-state index contributed by atoms with van der Waals surface area (Å²) in [4.78, 5) is 17.9. The minimum atomic E-state index is -0.0549. The van der Waals surface area contributed by atoms with Gasteiger partial charge in [-0.15, -0.1) is 0 Å². The van der Waals surface area contributed by atoms with Crippen molar-refractivity contribution in [3.63, 3.8) is 0 Å². The van der Waals surface area contributed by atoms with Crippen molar-refractivity contribution in [2.45, 2.75) is 38.8 Å². The summed E-state index contributed by atoms with van der Waals surface area (Å²) in [5, 5.41) is 8.72. The monoisotopic (exact) mass is 301 g/mol. The lowest BCUT2D eigenvalue weighted by atomic mass is 9.91. The van der Waals surface area contributed by atoms with Gasteiger partial charge < -0.3 is 4.90 Å². The molecule has 2 unspecified atom stereocenters.